The molecule has 1 heterocycles. The number of hydrogen-bond acceptors (Lipinski definition) is 5. The number of aromatic nitrogens is 1. The van der Waals surface area contributed by atoms with Crippen molar-refractivity contribution in [2.75, 3.05) is 19.3 Å². The van der Waals surface area contributed by atoms with E-state index in [0.29, 0.717) is 13.2 Å². The third-order valence-corrected chi connectivity index (χ3v) is 6.33. The molecule has 0 saturated heterocycles. The largest absolute Gasteiger partial charge is 0.492 e. The first-order valence-electron chi connectivity index (χ1n) is 10.9. The van der Waals surface area contributed by atoms with Gasteiger partial charge in [0.25, 0.3) is 0 Å². The van der Waals surface area contributed by atoms with E-state index in [0.717, 1.165) is 35.5 Å². The summed E-state index contributed by atoms with van der Waals surface area (Å²) in [6, 6.07) is 12.3. The van der Waals surface area contributed by atoms with Crippen molar-refractivity contribution in [3.8, 4) is 5.75 Å². The summed E-state index contributed by atoms with van der Waals surface area (Å²) >= 11 is 0. The van der Waals surface area contributed by atoms with Crippen molar-refractivity contribution in [1.82, 2.24) is 4.98 Å². The van der Waals surface area contributed by atoms with Crippen molar-refractivity contribution in [3.05, 3.63) is 53.9 Å². The van der Waals surface area contributed by atoms with Crippen LogP contribution in [0.4, 0.5) is 5.69 Å². The molecule has 0 radical (unpaired) electrons. The van der Waals surface area contributed by atoms with E-state index in [2.05, 4.69) is 43.0 Å². The zero-order valence-corrected chi connectivity index (χ0v) is 19.1. The fourth-order valence-corrected chi connectivity index (χ4v) is 4.63. The summed E-state index contributed by atoms with van der Waals surface area (Å²) in [5.74, 6) is 0.724. The highest BCUT2D eigenvalue weighted by Gasteiger charge is 2.49. The summed E-state index contributed by atoms with van der Waals surface area (Å²) < 4.78 is 11.2. The lowest BCUT2D eigenvalue weighted by molar-refractivity contribution is -0.0269. The van der Waals surface area contributed by atoms with Crippen LogP contribution in [0.2, 0.25) is 0 Å². The molecule has 0 N–H and O–H groups in total. The van der Waals surface area contributed by atoms with Crippen LogP contribution in [0.1, 0.15) is 64.1 Å². The van der Waals surface area contributed by atoms with Gasteiger partial charge in [-0.1, -0.05) is 70.4 Å². The van der Waals surface area contributed by atoms with Crippen molar-refractivity contribution in [3.63, 3.8) is 0 Å². The molecular formula is C25H36N2O3. The second-order valence-corrected chi connectivity index (χ2v) is 9.14. The number of ether oxygens (including phenoxy) is 2. The molecule has 0 aliphatic heterocycles. The van der Waals surface area contributed by atoms with Crippen molar-refractivity contribution in [2.24, 2.45) is 5.41 Å². The molecule has 5 heteroatoms. The monoisotopic (exact) mass is 412 g/mol. The standard InChI is InChI=1S/C25H36N2O3/c1-24(2,3)25(15-10-7-11-16-25)27(30-18-20-12-8-6-9-13-20)22-14-17-26-21(19-28-4)23(22)29-5/h6,8-9,12-14,17H,7,10-11,15-16,18-19H2,1-5H3. The highest BCUT2D eigenvalue weighted by atomic mass is 16.7. The molecule has 0 unspecified atom stereocenters. The van der Waals surface area contributed by atoms with Crippen LogP contribution in [0.25, 0.3) is 0 Å². The van der Waals surface area contributed by atoms with Gasteiger partial charge in [0.05, 0.1) is 25.9 Å². The lowest BCUT2D eigenvalue weighted by Crippen LogP contribution is -2.58. The Labute approximate surface area is 181 Å². The van der Waals surface area contributed by atoms with E-state index in [4.69, 9.17) is 14.3 Å². The van der Waals surface area contributed by atoms with Gasteiger partial charge in [-0.3, -0.25) is 9.82 Å². The van der Waals surface area contributed by atoms with E-state index >= 15 is 0 Å². The lowest BCUT2D eigenvalue weighted by atomic mass is 9.65. The first kappa shape index (κ1) is 22.6. The van der Waals surface area contributed by atoms with Gasteiger partial charge in [0.2, 0.25) is 0 Å². The van der Waals surface area contributed by atoms with Crippen LogP contribution in [-0.2, 0) is 22.8 Å². The maximum Gasteiger partial charge on any atom is 0.168 e. The Morgan fingerprint density at radius 1 is 0.967 bits per heavy atom. The molecule has 0 atom stereocenters. The topological polar surface area (TPSA) is 43.8 Å². The number of benzene rings is 1. The van der Waals surface area contributed by atoms with Gasteiger partial charge in [-0.05, 0) is 29.9 Å². The van der Waals surface area contributed by atoms with E-state index in [9.17, 15) is 0 Å². The van der Waals surface area contributed by atoms with E-state index in [1.54, 1.807) is 14.2 Å². The zero-order valence-electron chi connectivity index (χ0n) is 19.1. The summed E-state index contributed by atoms with van der Waals surface area (Å²) in [6.45, 7) is 7.86. The molecule has 1 fully saturated rings. The molecular weight excluding hydrogens is 376 g/mol. The summed E-state index contributed by atoms with van der Waals surface area (Å²) in [5, 5.41) is 2.15. The Kier molecular flexibility index (Phi) is 7.37. The Hall–Kier alpha value is -2.11. The van der Waals surface area contributed by atoms with Crippen LogP contribution in [0.5, 0.6) is 5.75 Å². The van der Waals surface area contributed by atoms with E-state index in [1.165, 1.54) is 19.3 Å². The highest BCUT2D eigenvalue weighted by molar-refractivity contribution is 5.60. The van der Waals surface area contributed by atoms with E-state index in [1.807, 2.05) is 30.5 Å². The fourth-order valence-electron chi connectivity index (χ4n) is 4.63. The number of hydroxylamine groups is 1. The molecule has 0 spiro atoms. The lowest BCUT2D eigenvalue weighted by Gasteiger charge is -2.54. The predicted molar refractivity (Wildman–Crippen MR) is 120 cm³/mol. The first-order chi connectivity index (χ1) is 14.4. The molecule has 164 valence electrons. The van der Waals surface area contributed by atoms with Crippen molar-refractivity contribution in [1.29, 1.82) is 0 Å². The second kappa shape index (κ2) is 9.80. The number of rotatable bonds is 8. The van der Waals surface area contributed by atoms with Gasteiger partial charge in [0.1, 0.15) is 11.4 Å². The molecule has 1 aromatic heterocycles. The molecule has 1 aromatic carbocycles. The maximum absolute atomic E-state index is 6.64. The minimum atomic E-state index is -0.140. The van der Waals surface area contributed by atoms with Crippen molar-refractivity contribution in [2.45, 2.75) is 71.6 Å². The normalized spacial score (nSPS) is 16.3. The SMILES string of the molecule is COCc1nccc(N(OCc2ccccc2)C2(C(C)(C)C)CCCCC2)c1OC. The molecule has 1 saturated carbocycles. The van der Waals surface area contributed by atoms with Crippen molar-refractivity contribution < 1.29 is 14.3 Å². The van der Waals surface area contributed by atoms with Crippen LogP contribution in [0, 0.1) is 5.41 Å². The third kappa shape index (κ3) is 4.62. The van der Waals surface area contributed by atoms with Crippen LogP contribution in [0.15, 0.2) is 42.6 Å². The summed E-state index contributed by atoms with van der Waals surface area (Å²) in [4.78, 5) is 11.1. The molecule has 1 aliphatic rings. The molecule has 0 bridgehead atoms. The van der Waals surface area contributed by atoms with Gasteiger partial charge in [-0.25, -0.2) is 5.06 Å². The number of pyridine rings is 1. The second-order valence-electron chi connectivity index (χ2n) is 9.14. The minimum absolute atomic E-state index is 0.0137. The molecule has 30 heavy (non-hydrogen) atoms. The third-order valence-electron chi connectivity index (χ3n) is 6.33. The van der Waals surface area contributed by atoms with Gasteiger partial charge in [-0.15, -0.1) is 0 Å². The molecule has 1 aliphatic carbocycles. The van der Waals surface area contributed by atoms with Gasteiger partial charge < -0.3 is 9.47 Å². The van der Waals surface area contributed by atoms with Gasteiger partial charge in [0, 0.05) is 13.3 Å². The maximum atomic E-state index is 6.64. The molecule has 5 nitrogen and oxygen atoms in total. The van der Waals surface area contributed by atoms with Gasteiger partial charge in [-0.2, -0.15) is 0 Å². The quantitative estimate of drug-likeness (QED) is 0.503. The average molecular weight is 413 g/mol. The Bertz CT molecular complexity index is 796. The van der Waals surface area contributed by atoms with Gasteiger partial charge >= 0.3 is 0 Å². The molecule has 0 amide bonds. The number of nitrogens with zero attached hydrogens (tertiary/aromatic N) is 2. The van der Waals surface area contributed by atoms with E-state index in [-0.39, 0.29) is 11.0 Å². The van der Waals surface area contributed by atoms with Crippen LogP contribution >= 0.6 is 0 Å². The summed E-state index contributed by atoms with van der Waals surface area (Å²) in [5.41, 5.74) is 2.73. The zero-order chi connectivity index (χ0) is 21.6. The highest BCUT2D eigenvalue weighted by Crippen LogP contribution is 2.50. The summed E-state index contributed by atoms with van der Waals surface area (Å²) in [6.07, 6.45) is 7.64. The molecule has 3 rings (SSSR count). The Morgan fingerprint density at radius 2 is 1.67 bits per heavy atom. The summed E-state index contributed by atoms with van der Waals surface area (Å²) in [7, 11) is 3.37. The number of hydrogen-bond donors (Lipinski definition) is 0. The number of anilines is 1. The Balaban J connectivity index is 2.08. The van der Waals surface area contributed by atoms with Gasteiger partial charge in [0.15, 0.2) is 5.75 Å². The van der Waals surface area contributed by atoms with Crippen LogP contribution < -0.4 is 9.80 Å². The van der Waals surface area contributed by atoms with Crippen LogP contribution in [0.3, 0.4) is 0 Å². The molecule has 2 aromatic rings. The first-order valence-corrected chi connectivity index (χ1v) is 10.9. The smallest absolute Gasteiger partial charge is 0.168 e. The minimum Gasteiger partial charge on any atom is -0.492 e. The fraction of sp³-hybridized carbons (Fsp3) is 0.560. The average Bonchev–Trinajstić information content (AvgIpc) is 2.75. The van der Waals surface area contributed by atoms with Crippen molar-refractivity contribution >= 4 is 5.69 Å². The van der Waals surface area contributed by atoms with E-state index < -0.39 is 0 Å². The Morgan fingerprint density at radius 3 is 2.27 bits per heavy atom. The number of methoxy groups -OCH3 is 2. The predicted octanol–water partition coefficient (Wildman–Crippen LogP) is 5.92. The van der Waals surface area contributed by atoms with Crippen LogP contribution in [-0.4, -0.2) is 24.7 Å².